The van der Waals surface area contributed by atoms with Gasteiger partial charge in [-0.25, -0.2) is 22.9 Å². The van der Waals surface area contributed by atoms with Gasteiger partial charge in [0.05, 0.1) is 18.3 Å². The maximum absolute atomic E-state index is 13.5. The summed E-state index contributed by atoms with van der Waals surface area (Å²) in [4.78, 5) is 62.7. The Kier molecular flexibility index (Phi) is 7.82. The molecule has 1 saturated heterocycles. The molecule has 5 atom stereocenters. The van der Waals surface area contributed by atoms with E-state index >= 15 is 0 Å². The largest absolute Gasteiger partial charge is 0.490 e. The highest BCUT2D eigenvalue weighted by Crippen LogP contribution is 2.66. The molecule has 0 radical (unpaired) electrons. The number of hydrogen-bond acceptors (Lipinski definition) is 11. The summed E-state index contributed by atoms with van der Waals surface area (Å²) < 4.78 is 71.0. The fraction of sp³-hybridized carbons (Fsp3) is 0.294. The lowest BCUT2D eigenvalue weighted by Gasteiger charge is -2.19. The van der Waals surface area contributed by atoms with E-state index in [-0.39, 0.29) is 23.3 Å². The van der Waals surface area contributed by atoms with Crippen LogP contribution in [-0.2, 0) is 31.6 Å². The first-order valence-corrected chi connectivity index (χ1v) is 14.7. The number of nitrogens with zero attached hydrogens (tertiary/aromatic N) is 1. The normalized spacial score (nSPS) is 23.4. The number of halogens is 1. The Morgan fingerprint density at radius 3 is 2.47 bits per heavy atom. The molecule has 3 aromatic rings. The molecule has 6 N–H and O–H groups in total. The van der Waals surface area contributed by atoms with Gasteiger partial charge in [-0.1, -0.05) is 0 Å². The molecule has 1 fully saturated rings. The van der Waals surface area contributed by atoms with E-state index < -0.39 is 65.6 Å². The van der Waals surface area contributed by atoms with Crippen molar-refractivity contribution in [1.29, 1.82) is 0 Å². The standard InChI is InChI=1S/C17H18FN2O15P3/c18-9-1-2-12-8(3-9)4-13(32-12)10-6-20(17(23)19-16(10)22)15-5-11(21)14(33-15)7-31-37(27,28)35-38(29,30)34-36(24,25)26/h1-4,6,11,14-15,21H,5,7H2,(H,27,28)(H,29,30)(H,19,22,23)(H2,24,25,26)/t11-,14+,15+/m0/s1. The Balaban J connectivity index is 1.50. The molecule has 2 unspecified atom stereocenters. The SMILES string of the molecule is O=c1[nH]c(=O)n([C@H]2C[C@H](O)[C@@H](COP(=O)(O)OP(=O)(O)OP(=O)(O)O)O2)cc1-c1cc2cc(F)ccc2o1. The highest BCUT2D eigenvalue weighted by molar-refractivity contribution is 7.66. The van der Waals surface area contributed by atoms with Crippen molar-refractivity contribution < 1.29 is 65.1 Å². The van der Waals surface area contributed by atoms with E-state index in [1.54, 1.807) is 0 Å². The van der Waals surface area contributed by atoms with E-state index in [0.717, 1.165) is 16.8 Å². The Morgan fingerprint density at radius 1 is 1.08 bits per heavy atom. The van der Waals surface area contributed by atoms with Crippen LogP contribution in [0.5, 0.6) is 0 Å². The lowest BCUT2D eigenvalue weighted by atomic mass is 10.2. The average Bonchev–Trinajstić information content (AvgIpc) is 3.32. The van der Waals surface area contributed by atoms with Gasteiger partial charge in [0, 0.05) is 18.0 Å². The summed E-state index contributed by atoms with van der Waals surface area (Å²) in [5.41, 5.74) is -1.67. The smallest absolute Gasteiger partial charge is 0.456 e. The van der Waals surface area contributed by atoms with E-state index in [1.165, 1.54) is 18.2 Å². The second kappa shape index (κ2) is 10.4. The number of benzene rings is 1. The van der Waals surface area contributed by atoms with E-state index in [4.69, 9.17) is 18.9 Å². The quantitative estimate of drug-likeness (QED) is 0.187. The number of H-pyrrole nitrogens is 1. The number of aliphatic hydroxyl groups excluding tert-OH is 1. The number of hydrogen-bond donors (Lipinski definition) is 6. The first kappa shape index (κ1) is 28.7. The second-order valence-corrected chi connectivity index (χ2v) is 12.2. The number of phosphoric ester groups is 1. The van der Waals surface area contributed by atoms with Crippen LogP contribution in [0, 0.1) is 5.82 Å². The molecule has 2 aromatic heterocycles. The van der Waals surface area contributed by atoms with Crippen molar-refractivity contribution in [3.8, 4) is 11.3 Å². The molecule has 21 heteroatoms. The summed E-state index contributed by atoms with van der Waals surface area (Å²) in [6.07, 6.45) is -3.31. The number of rotatable bonds is 9. The maximum Gasteiger partial charge on any atom is 0.490 e. The van der Waals surface area contributed by atoms with E-state index in [2.05, 4.69) is 18.1 Å². The number of aromatic amines is 1. The van der Waals surface area contributed by atoms with Crippen LogP contribution in [0.1, 0.15) is 12.6 Å². The van der Waals surface area contributed by atoms with Crippen LogP contribution in [0.25, 0.3) is 22.3 Å². The first-order chi connectivity index (χ1) is 17.5. The second-order valence-electron chi connectivity index (χ2n) is 7.82. The molecular formula is C17H18FN2O15P3. The third-order valence-electron chi connectivity index (χ3n) is 5.04. The molecule has 0 spiro atoms. The van der Waals surface area contributed by atoms with Gasteiger partial charge < -0.3 is 33.8 Å². The molecule has 0 saturated carbocycles. The van der Waals surface area contributed by atoms with Gasteiger partial charge in [0.2, 0.25) is 0 Å². The van der Waals surface area contributed by atoms with Gasteiger partial charge in [-0.05, 0) is 24.3 Å². The fourth-order valence-corrected chi connectivity index (χ4v) is 6.56. The predicted octanol–water partition coefficient (Wildman–Crippen LogP) is 1.08. The fourth-order valence-electron chi connectivity index (χ4n) is 3.53. The van der Waals surface area contributed by atoms with Crippen molar-refractivity contribution in [2.75, 3.05) is 6.61 Å². The number of nitrogens with one attached hydrogen (secondary N) is 1. The molecule has 0 aliphatic carbocycles. The maximum atomic E-state index is 13.5. The monoisotopic (exact) mass is 602 g/mol. The number of ether oxygens (including phenoxy) is 1. The number of furan rings is 1. The highest BCUT2D eigenvalue weighted by Gasteiger charge is 2.43. The minimum absolute atomic E-state index is 0.0108. The molecule has 208 valence electrons. The topological polar surface area (TPSA) is 257 Å². The molecule has 0 bridgehead atoms. The van der Waals surface area contributed by atoms with Gasteiger partial charge >= 0.3 is 29.2 Å². The van der Waals surface area contributed by atoms with Crippen LogP contribution in [0.15, 0.2) is 44.5 Å². The van der Waals surface area contributed by atoms with Crippen molar-refractivity contribution in [3.05, 3.63) is 57.1 Å². The minimum Gasteiger partial charge on any atom is -0.456 e. The Morgan fingerprint density at radius 2 is 1.79 bits per heavy atom. The Bertz CT molecular complexity index is 1630. The van der Waals surface area contributed by atoms with Crippen LogP contribution in [0.2, 0.25) is 0 Å². The van der Waals surface area contributed by atoms with Gasteiger partial charge in [0.15, 0.2) is 0 Å². The van der Waals surface area contributed by atoms with E-state index in [1.807, 2.05) is 0 Å². The zero-order valence-corrected chi connectivity index (χ0v) is 21.2. The minimum atomic E-state index is -5.75. The summed E-state index contributed by atoms with van der Waals surface area (Å²) in [6.45, 7) is -0.957. The van der Waals surface area contributed by atoms with Crippen molar-refractivity contribution in [1.82, 2.24) is 9.55 Å². The van der Waals surface area contributed by atoms with Crippen LogP contribution >= 0.6 is 23.5 Å². The molecule has 38 heavy (non-hydrogen) atoms. The number of fused-ring (bicyclic) bond motifs is 1. The van der Waals surface area contributed by atoms with Gasteiger partial charge in [0.1, 0.15) is 29.5 Å². The van der Waals surface area contributed by atoms with Crippen LogP contribution in [0.4, 0.5) is 4.39 Å². The van der Waals surface area contributed by atoms with Crippen LogP contribution in [-0.4, -0.2) is 53.0 Å². The average molecular weight is 602 g/mol. The van der Waals surface area contributed by atoms with Crippen molar-refractivity contribution >= 4 is 34.4 Å². The predicted molar refractivity (Wildman–Crippen MR) is 121 cm³/mol. The molecule has 3 heterocycles. The highest BCUT2D eigenvalue weighted by atomic mass is 31.3. The van der Waals surface area contributed by atoms with Gasteiger partial charge in [-0.3, -0.25) is 18.9 Å². The molecule has 4 rings (SSSR count). The van der Waals surface area contributed by atoms with E-state index in [9.17, 15) is 42.6 Å². The summed E-state index contributed by atoms with van der Waals surface area (Å²) in [5.74, 6) is -0.553. The lowest BCUT2D eigenvalue weighted by Crippen LogP contribution is -2.33. The summed E-state index contributed by atoms with van der Waals surface area (Å²) in [7, 11) is -16.8. The first-order valence-electron chi connectivity index (χ1n) is 10.2. The summed E-state index contributed by atoms with van der Waals surface area (Å²) >= 11 is 0. The van der Waals surface area contributed by atoms with Gasteiger partial charge in [0.25, 0.3) is 5.56 Å². The van der Waals surface area contributed by atoms with Crippen LogP contribution in [0.3, 0.4) is 0 Å². The van der Waals surface area contributed by atoms with Crippen LogP contribution < -0.4 is 11.2 Å². The van der Waals surface area contributed by atoms with Gasteiger partial charge in [-0.2, -0.15) is 8.62 Å². The van der Waals surface area contributed by atoms with E-state index in [0.29, 0.717) is 5.39 Å². The number of phosphoric acid groups is 3. The number of aliphatic hydroxyl groups is 1. The molecule has 17 nitrogen and oxygen atoms in total. The Hall–Kier alpha value is -2.30. The molecule has 0 amide bonds. The zero-order chi connectivity index (χ0) is 28.0. The summed E-state index contributed by atoms with van der Waals surface area (Å²) in [6, 6.07) is 5.03. The molecule has 1 aliphatic rings. The Labute approximate surface area is 209 Å². The van der Waals surface area contributed by atoms with Crippen molar-refractivity contribution in [2.45, 2.75) is 24.9 Å². The van der Waals surface area contributed by atoms with Crippen molar-refractivity contribution in [2.24, 2.45) is 0 Å². The zero-order valence-electron chi connectivity index (χ0n) is 18.5. The molecular weight excluding hydrogens is 584 g/mol. The third-order valence-corrected chi connectivity index (χ3v) is 8.85. The van der Waals surface area contributed by atoms with Crippen molar-refractivity contribution in [3.63, 3.8) is 0 Å². The lowest BCUT2D eigenvalue weighted by molar-refractivity contribution is -0.0449. The third kappa shape index (κ3) is 6.82. The molecule has 1 aromatic carbocycles. The van der Waals surface area contributed by atoms with Gasteiger partial charge in [-0.15, -0.1) is 0 Å². The summed E-state index contributed by atoms with van der Waals surface area (Å²) in [5, 5.41) is 10.6. The molecule has 1 aliphatic heterocycles. The number of aromatic nitrogens is 2.